The molecule has 0 aliphatic carbocycles. The van der Waals surface area contributed by atoms with Gasteiger partial charge in [-0.2, -0.15) is 15.0 Å². The highest BCUT2D eigenvalue weighted by Crippen LogP contribution is 2.05. The molecular formula is C10H21N5. The highest BCUT2D eigenvalue weighted by Gasteiger charge is 2.02. The van der Waals surface area contributed by atoms with Gasteiger partial charge in [0.25, 0.3) is 0 Å². The number of aromatic nitrogens is 3. The van der Waals surface area contributed by atoms with E-state index in [2.05, 4.69) is 32.5 Å². The second kappa shape index (κ2) is 7.96. The molecule has 0 radical (unpaired) electrons. The van der Waals surface area contributed by atoms with Crippen LogP contribution in [-0.4, -0.2) is 29.0 Å². The molecule has 86 valence electrons. The Morgan fingerprint density at radius 3 is 1.73 bits per heavy atom. The first-order chi connectivity index (χ1) is 7.30. The molecule has 0 aromatic carbocycles. The van der Waals surface area contributed by atoms with Gasteiger partial charge in [-0.3, -0.25) is 0 Å². The molecule has 0 spiro atoms. The van der Waals surface area contributed by atoms with E-state index in [1.165, 1.54) is 0 Å². The van der Waals surface area contributed by atoms with Gasteiger partial charge in [0.15, 0.2) is 0 Å². The van der Waals surface area contributed by atoms with E-state index in [9.17, 15) is 0 Å². The van der Waals surface area contributed by atoms with Crippen molar-refractivity contribution >= 4 is 11.9 Å². The molecule has 0 saturated heterocycles. The maximum atomic E-state index is 4.22. The lowest BCUT2D eigenvalue weighted by molar-refractivity contribution is 0.822. The number of hydrogen-bond donors (Lipinski definition) is 2. The first-order valence-electron chi connectivity index (χ1n) is 5.40. The van der Waals surface area contributed by atoms with Crippen LogP contribution in [0.1, 0.15) is 33.0 Å². The zero-order valence-corrected chi connectivity index (χ0v) is 10.3. The van der Waals surface area contributed by atoms with Gasteiger partial charge >= 0.3 is 0 Å². The smallest absolute Gasteiger partial charge is 0.227 e. The normalized spacial score (nSPS) is 8.87. The summed E-state index contributed by atoms with van der Waals surface area (Å²) >= 11 is 0. The highest BCUT2D eigenvalue weighted by atomic mass is 15.2. The molecule has 0 saturated carbocycles. The van der Waals surface area contributed by atoms with Crippen molar-refractivity contribution in [2.24, 2.45) is 0 Å². The van der Waals surface area contributed by atoms with Crippen LogP contribution >= 0.6 is 0 Å². The molecule has 0 fully saturated rings. The van der Waals surface area contributed by atoms with Gasteiger partial charge in [0.2, 0.25) is 11.9 Å². The fraction of sp³-hybridized carbons (Fsp3) is 0.700. The lowest BCUT2D eigenvalue weighted by Crippen LogP contribution is -2.07. The van der Waals surface area contributed by atoms with Crippen molar-refractivity contribution in [2.45, 2.75) is 33.6 Å². The minimum absolute atomic E-state index is 0.614. The molecule has 1 aromatic rings. The van der Waals surface area contributed by atoms with E-state index in [0.717, 1.165) is 18.7 Å². The number of hydrogen-bond acceptors (Lipinski definition) is 5. The summed E-state index contributed by atoms with van der Waals surface area (Å²) in [7, 11) is 3.59. The van der Waals surface area contributed by atoms with Gasteiger partial charge in [0.1, 0.15) is 5.82 Å². The van der Waals surface area contributed by atoms with Gasteiger partial charge in [-0.05, 0) is 6.42 Å². The largest absolute Gasteiger partial charge is 0.357 e. The second-order valence-corrected chi connectivity index (χ2v) is 2.65. The van der Waals surface area contributed by atoms with Crippen molar-refractivity contribution in [2.75, 3.05) is 24.7 Å². The Hall–Kier alpha value is -1.39. The SMILES string of the molecule is CC.CCCc1nc(NC)nc(NC)n1. The third-order valence-electron chi connectivity index (χ3n) is 1.60. The van der Waals surface area contributed by atoms with E-state index >= 15 is 0 Å². The number of rotatable bonds is 4. The van der Waals surface area contributed by atoms with E-state index in [0.29, 0.717) is 11.9 Å². The molecule has 1 aromatic heterocycles. The van der Waals surface area contributed by atoms with Gasteiger partial charge in [-0.1, -0.05) is 20.8 Å². The minimum atomic E-state index is 0.614. The van der Waals surface area contributed by atoms with Crippen molar-refractivity contribution in [3.63, 3.8) is 0 Å². The molecule has 5 heteroatoms. The molecule has 0 aliphatic rings. The Balaban J connectivity index is 0.000000921. The molecule has 15 heavy (non-hydrogen) atoms. The molecule has 2 N–H and O–H groups in total. The maximum absolute atomic E-state index is 4.22. The molecule has 0 aliphatic heterocycles. The molecule has 1 heterocycles. The number of nitrogens with one attached hydrogen (secondary N) is 2. The van der Waals surface area contributed by atoms with Crippen LogP contribution in [0.3, 0.4) is 0 Å². The Bertz CT molecular complexity index is 252. The topological polar surface area (TPSA) is 62.7 Å². The molecule has 0 unspecified atom stereocenters. The van der Waals surface area contributed by atoms with Crippen LogP contribution < -0.4 is 10.6 Å². The number of nitrogens with zero attached hydrogens (tertiary/aromatic N) is 3. The first-order valence-corrected chi connectivity index (χ1v) is 5.40. The summed E-state index contributed by atoms with van der Waals surface area (Å²) in [6, 6.07) is 0. The molecule has 0 amide bonds. The molecule has 0 bridgehead atoms. The van der Waals surface area contributed by atoms with Gasteiger partial charge in [-0.15, -0.1) is 0 Å². The van der Waals surface area contributed by atoms with Crippen molar-refractivity contribution in [3.05, 3.63) is 5.82 Å². The fourth-order valence-corrected chi connectivity index (χ4v) is 0.979. The van der Waals surface area contributed by atoms with Gasteiger partial charge in [0.05, 0.1) is 0 Å². The van der Waals surface area contributed by atoms with Gasteiger partial charge < -0.3 is 10.6 Å². The summed E-state index contributed by atoms with van der Waals surface area (Å²) in [6.45, 7) is 6.10. The summed E-state index contributed by atoms with van der Waals surface area (Å²) in [6.07, 6.45) is 1.92. The van der Waals surface area contributed by atoms with E-state index < -0.39 is 0 Å². The van der Waals surface area contributed by atoms with Crippen molar-refractivity contribution in [1.29, 1.82) is 0 Å². The Labute approximate surface area is 91.8 Å². The maximum Gasteiger partial charge on any atom is 0.227 e. The van der Waals surface area contributed by atoms with Gasteiger partial charge in [-0.25, -0.2) is 0 Å². The average molecular weight is 211 g/mol. The fourth-order valence-electron chi connectivity index (χ4n) is 0.979. The van der Waals surface area contributed by atoms with Crippen LogP contribution in [0.25, 0.3) is 0 Å². The predicted molar refractivity (Wildman–Crippen MR) is 64.3 cm³/mol. The molecule has 1 rings (SSSR count). The average Bonchev–Trinajstić information content (AvgIpc) is 2.31. The highest BCUT2D eigenvalue weighted by molar-refractivity contribution is 5.33. The van der Waals surface area contributed by atoms with Crippen LogP contribution in [0.2, 0.25) is 0 Å². The van der Waals surface area contributed by atoms with E-state index in [-0.39, 0.29) is 0 Å². The van der Waals surface area contributed by atoms with Crippen molar-refractivity contribution < 1.29 is 0 Å². The Morgan fingerprint density at radius 2 is 1.40 bits per heavy atom. The van der Waals surface area contributed by atoms with Crippen LogP contribution in [0, 0.1) is 0 Å². The third-order valence-corrected chi connectivity index (χ3v) is 1.60. The van der Waals surface area contributed by atoms with Crippen LogP contribution in [0.4, 0.5) is 11.9 Å². The van der Waals surface area contributed by atoms with Crippen LogP contribution in [0.15, 0.2) is 0 Å². The third kappa shape index (κ3) is 4.58. The molecule has 5 nitrogen and oxygen atoms in total. The monoisotopic (exact) mass is 211 g/mol. The first kappa shape index (κ1) is 13.6. The summed E-state index contributed by atoms with van der Waals surface area (Å²) in [5.41, 5.74) is 0. The van der Waals surface area contributed by atoms with E-state index in [4.69, 9.17) is 0 Å². The zero-order chi connectivity index (χ0) is 11.7. The zero-order valence-electron chi connectivity index (χ0n) is 10.3. The van der Waals surface area contributed by atoms with E-state index in [1.54, 1.807) is 14.1 Å². The Kier molecular flexibility index (Phi) is 7.23. The molecular weight excluding hydrogens is 190 g/mol. The Morgan fingerprint density at radius 1 is 0.933 bits per heavy atom. The summed E-state index contributed by atoms with van der Waals surface area (Å²) in [5, 5.41) is 5.80. The van der Waals surface area contributed by atoms with Gasteiger partial charge in [0, 0.05) is 20.5 Å². The lowest BCUT2D eigenvalue weighted by atomic mass is 10.3. The van der Waals surface area contributed by atoms with Crippen LogP contribution in [-0.2, 0) is 6.42 Å². The number of aryl methyl sites for hydroxylation is 1. The lowest BCUT2D eigenvalue weighted by Gasteiger charge is -2.04. The second-order valence-electron chi connectivity index (χ2n) is 2.65. The summed E-state index contributed by atoms with van der Waals surface area (Å²) in [5.74, 6) is 2.05. The predicted octanol–water partition coefficient (Wildman–Crippen LogP) is 1.93. The standard InChI is InChI=1S/C8H15N5.C2H6/c1-4-5-6-11-7(9-2)13-8(10-3)12-6;1-2/h4-5H2,1-3H3,(H2,9,10,11,12,13);1-2H3. The van der Waals surface area contributed by atoms with E-state index in [1.807, 2.05) is 13.8 Å². The van der Waals surface area contributed by atoms with Crippen molar-refractivity contribution in [1.82, 2.24) is 15.0 Å². The minimum Gasteiger partial charge on any atom is -0.357 e. The van der Waals surface area contributed by atoms with Crippen molar-refractivity contribution in [3.8, 4) is 0 Å². The molecule has 0 atom stereocenters. The van der Waals surface area contributed by atoms with Crippen LogP contribution in [0.5, 0.6) is 0 Å². The quantitative estimate of drug-likeness (QED) is 0.796. The summed E-state index contributed by atoms with van der Waals surface area (Å²) < 4.78 is 0. The number of anilines is 2. The summed E-state index contributed by atoms with van der Waals surface area (Å²) in [4.78, 5) is 12.5.